The van der Waals surface area contributed by atoms with Gasteiger partial charge in [-0.1, -0.05) is 29.3 Å². The maximum Gasteiger partial charge on any atom is 0.317 e. The second-order valence-corrected chi connectivity index (χ2v) is 4.33. The SMILES string of the molecule is CN(CC(=O)O)C(C#N)c1ccc(Cl)c(Cl)c1. The first-order valence-electron chi connectivity index (χ1n) is 4.72. The number of nitrogens with zero attached hydrogens (tertiary/aromatic N) is 2. The Labute approximate surface area is 109 Å². The summed E-state index contributed by atoms with van der Waals surface area (Å²) in [5.41, 5.74) is 0.616. The van der Waals surface area contributed by atoms with Gasteiger partial charge in [0, 0.05) is 0 Å². The average molecular weight is 273 g/mol. The molecule has 90 valence electrons. The van der Waals surface area contributed by atoms with Crippen molar-refractivity contribution in [1.29, 1.82) is 5.26 Å². The number of likely N-dealkylation sites (N-methyl/N-ethyl adjacent to an activating group) is 1. The number of carbonyl (C=O) groups is 1. The predicted molar refractivity (Wildman–Crippen MR) is 65.1 cm³/mol. The van der Waals surface area contributed by atoms with Crippen LogP contribution in [-0.4, -0.2) is 29.6 Å². The predicted octanol–water partition coefficient (Wildman–Crippen LogP) is 2.57. The lowest BCUT2D eigenvalue weighted by Crippen LogP contribution is -2.29. The highest BCUT2D eigenvalue weighted by atomic mass is 35.5. The third kappa shape index (κ3) is 3.60. The Morgan fingerprint density at radius 2 is 2.18 bits per heavy atom. The van der Waals surface area contributed by atoms with E-state index in [0.717, 1.165) is 0 Å². The van der Waals surface area contributed by atoms with Gasteiger partial charge < -0.3 is 5.11 Å². The summed E-state index contributed by atoms with van der Waals surface area (Å²) in [5, 5.41) is 18.5. The minimum atomic E-state index is -0.993. The number of halogens is 2. The van der Waals surface area contributed by atoms with Gasteiger partial charge in [0.1, 0.15) is 6.04 Å². The quantitative estimate of drug-likeness (QED) is 0.915. The summed E-state index contributed by atoms with van der Waals surface area (Å²) in [6.45, 7) is -0.224. The van der Waals surface area contributed by atoms with Gasteiger partial charge in [0.2, 0.25) is 0 Å². The van der Waals surface area contributed by atoms with Crippen molar-refractivity contribution in [1.82, 2.24) is 4.90 Å². The monoisotopic (exact) mass is 272 g/mol. The van der Waals surface area contributed by atoms with E-state index >= 15 is 0 Å². The van der Waals surface area contributed by atoms with E-state index in [2.05, 4.69) is 0 Å². The molecule has 0 heterocycles. The second-order valence-electron chi connectivity index (χ2n) is 3.51. The molecular formula is C11H10Cl2N2O2. The van der Waals surface area contributed by atoms with Gasteiger partial charge in [0.15, 0.2) is 0 Å². The third-order valence-corrected chi connectivity index (χ3v) is 2.95. The molecule has 17 heavy (non-hydrogen) atoms. The van der Waals surface area contributed by atoms with Gasteiger partial charge in [-0.25, -0.2) is 0 Å². The standard InChI is InChI=1S/C11H10Cl2N2O2/c1-15(6-11(16)17)10(5-14)7-2-3-8(12)9(13)4-7/h2-4,10H,6H2,1H3,(H,16,17). The first-order valence-corrected chi connectivity index (χ1v) is 5.48. The number of rotatable bonds is 4. The van der Waals surface area contributed by atoms with Gasteiger partial charge in [0.25, 0.3) is 0 Å². The molecule has 0 radical (unpaired) electrons. The molecule has 1 rings (SSSR count). The Bertz CT molecular complexity index is 471. The summed E-state index contributed by atoms with van der Waals surface area (Å²) in [6.07, 6.45) is 0. The lowest BCUT2D eigenvalue weighted by molar-refractivity contribution is -0.138. The van der Waals surface area contributed by atoms with Crippen molar-refractivity contribution in [2.24, 2.45) is 0 Å². The number of hydrogen-bond donors (Lipinski definition) is 1. The molecule has 0 saturated heterocycles. The second kappa shape index (κ2) is 5.87. The van der Waals surface area contributed by atoms with Crippen LogP contribution in [0, 0.1) is 11.3 Å². The van der Waals surface area contributed by atoms with Crippen LogP contribution < -0.4 is 0 Å². The van der Waals surface area contributed by atoms with Crippen LogP contribution in [-0.2, 0) is 4.79 Å². The summed E-state index contributed by atoms with van der Waals surface area (Å²) in [5.74, 6) is -0.993. The number of carboxylic acid groups (broad SMARTS) is 1. The minimum Gasteiger partial charge on any atom is -0.480 e. The van der Waals surface area contributed by atoms with E-state index in [1.54, 1.807) is 25.2 Å². The third-order valence-electron chi connectivity index (χ3n) is 2.21. The van der Waals surface area contributed by atoms with Crippen molar-refractivity contribution in [3.8, 4) is 6.07 Å². The zero-order valence-electron chi connectivity index (χ0n) is 9.02. The molecule has 1 unspecified atom stereocenters. The van der Waals surface area contributed by atoms with Crippen LogP contribution in [0.25, 0.3) is 0 Å². The van der Waals surface area contributed by atoms with E-state index in [1.807, 2.05) is 6.07 Å². The molecule has 0 aliphatic rings. The zero-order valence-corrected chi connectivity index (χ0v) is 10.5. The van der Waals surface area contributed by atoms with Crippen LogP contribution in [0.2, 0.25) is 10.0 Å². The van der Waals surface area contributed by atoms with E-state index < -0.39 is 12.0 Å². The average Bonchev–Trinajstić information content (AvgIpc) is 2.23. The summed E-state index contributed by atoms with van der Waals surface area (Å²) < 4.78 is 0. The summed E-state index contributed by atoms with van der Waals surface area (Å²) in [7, 11) is 1.56. The maximum atomic E-state index is 10.6. The molecule has 0 amide bonds. The van der Waals surface area contributed by atoms with E-state index in [0.29, 0.717) is 15.6 Å². The largest absolute Gasteiger partial charge is 0.480 e. The van der Waals surface area contributed by atoms with Crippen molar-refractivity contribution in [3.63, 3.8) is 0 Å². The van der Waals surface area contributed by atoms with Gasteiger partial charge in [-0.15, -0.1) is 0 Å². The fourth-order valence-corrected chi connectivity index (χ4v) is 1.72. The van der Waals surface area contributed by atoms with Gasteiger partial charge in [-0.2, -0.15) is 5.26 Å². The molecule has 1 aromatic carbocycles. The van der Waals surface area contributed by atoms with Crippen LogP contribution in [0.3, 0.4) is 0 Å². The smallest absolute Gasteiger partial charge is 0.317 e. The van der Waals surface area contributed by atoms with Crippen molar-refractivity contribution >= 4 is 29.2 Å². The molecule has 4 nitrogen and oxygen atoms in total. The van der Waals surface area contributed by atoms with E-state index in [9.17, 15) is 4.79 Å². The Morgan fingerprint density at radius 1 is 1.53 bits per heavy atom. The normalized spacial score (nSPS) is 12.2. The van der Waals surface area contributed by atoms with Gasteiger partial charge >= 0.3 is 5.97 Å². The molecule has 1 N–H and O–H groups in total. The number of benzene rings is 1. The number of carboxylic acids is 1. The molecule has 0 spiro atoms. The molecular weight excluding hydrogens is 263 g/mol. The van der Waals surface area contributed by atoms with Gasteiger partial charge in [-0.3, -0.25) is 9.69 Å². The highest BCUT2D eigenvalue weighted by Gasteiger charge is 2.19. The van der Waals surface area contributed by atoms with E-state index in [1.165, 1.54) is 4.90 Å². The topological polar surface area (TPSA) is 64.3 Å². The Kier molecular flexibility index (Phi) is 4.76. The van der Waals surface area contributed by atoms with E-state index in [-0.39, 0.29) is 6.54 Å². The highest BCUT2D eigenvalue weighted by Crippen LogP contribution is 2.27. The first-order chi connectivity index (χ1) is 7.95. The van der Waals surface area contributed by atoms with Crippen LogP contribution in [0.4, 0.5) is 0 Å². The number of nitriles is 1. The molecule has 0 bridgehead atoms. The van der Waals surface area contributed by atoms with Crippen molar-refractivity contribution in [2.75, 3.05) is 13.6 Å². The van der Waals surface area contributed by atoms with Gasteiger partial charge in [-0.05, 0) is 24.7 Å². The number of aliphatic carboxylic acids is 1. The molecule has 0 fully saturated rings. The minimum absolute atomic E-state index is 0.224. The summed E-state index contributed by atoms with van der Waals surface area (Å²) in [4.78, 5) is 12.0. The van der Waals surface area contributed by atoms with Crippen LogP contribution in [0.15, 0.2) is 18.2 Å². The Hall–Kier alpha value is -1.28. The number of hydrogen-bond acceptors (Lipinski definition) is 3. The zero-order chi connectivity index (χ0) is 13.0. The molecule has 1 aromatic rings. The van der Waals surface area contributed by atoms with Crippen LogP contribution >= 0.6 is 23.2 Å². The first kappa shape index (κ1) is 13.8. The van der Waals surface area contributed by atoms with Gasteiger partial charge in [0.05, 0.1) is 22.7 Å². The van der Waals surface area contributed by atoms with Crippen LogP contribution in [0.1, 0.15) is 11.6 Å². The highest BCUT2D eigenvalue weighted by molar-refractivity contribution is 6.42. The lowest BCUT2D eigenvalue weighted by Gasteiger charge is -2.20. The molecule has 0 aromatic heterocycles. The van der Waals surface area contributed by atoms with Crippen LogP contribution in [0.5, 0.6) is 0 Å². The fourth-order valence-electron chi connectivity index (χ4n) is 1.41. The molecule has 6 heteroatoms. The van der Waals surface area contributed by atoms with Crippen molar-refractivity contribution in [3.05, 3.63) is 33.8 Å². The van der Waals surface area contributed by atoms with Crippen molar-refractivity contribution < 1.29 is 9.90 Å². The Balaban J connectivity index is 2.98. The van der Waals surface area contributed by atoms with Crippen molar-refractivity contribution in [2.45, 2.75) is 6.04 Å². The lowest BCUT2D eigenvalue weighted by atomic mass is 10.1. The van der Waals surface area contributed by atoms with E-state index in [4.69, 9.17) is 33.6 Å². The summed E-state index contributed by atoms with van der Waals surface area (Å²) >= 11 is 11.6. The summed E-state index contributed by atoms with van der Waals surface area (Å²) in [6, 6.07) is 6.17. The fraction of sp³-hybridized carbons (Fsp3) is 0.273. The molecule has 0 saturated carbocycles. The maximum absolute atomic E-state index is 10.6. The molecule has 0 aliphatic carbocycles. The molecule has 1 atom stereocenters. The molecule has 0 aliphatic heterocycles. The Morgan fingerprint density at radius 3 is 2.65 bits per heavy atom.